The van der Waals surface area contributed by atoms with Crippen molar-refractivity contribution in [3.8, 4) is 0 Å². The van der Waals surface area contributed by atoms with Gasteiger partial charge in [0.25, 0.3) is 10.0 Å². The number of rotatable bonds is 8. The molecule has 186 valence electrons. The number of hydrogen-bond donors (Lipinski definition) is 1. The Kier molecular flexibility index (Phi) is 8.06. The van der Waals surface area contributed by atoms with Crippen LogP contribution in [0.15, 0.2) is 65.6 Å². The molecule has 6 heteroatoms. The Balaban J connectivity index is 1.92. The maximum Gasteiger partial charge on any atom is 0.264 e. The van der Waals surface area contributed by atoms with Crippen molar-refractivity contribution in [2.75, 3.05) is 10.8 Å². The normalized spacial score (nSPS) is 12.5. The summed E-state index contributed by atoms with van der Waals surface area (Å²) in [6, 6.07) is 18.0. The Labute approximate surface area is 210 Å². The van der Waals surface area contributed by atoms with Gasteiger partial charge in [0.1, 0.15) is 6.54 Å². The van der Waals surface area contributed by atoms with E-state index in [0.717, 1.165) is 27.8 Å². The summed E-state index contributed by atoms with van der Waals surface area (Å²) < 4.78 is 28.5. The topological polar surface area (TPSA) is 66.5 Å². The molecule has 3 rings (SSSR count). The number of amides is 1. The van der Waals surface area contributed by atoms with Crippen LogP contribution < -0.4 is 9.62 Å². The van der Waals surface area contributed by atoms with Crippen LogP contribution in [0.4, 0.5) is 5.69 Å². The van der Waals surface area contributed by atoms with Gasteiger partial charge in [0.15, 0.2) is 0 Å². The van der Waals surface area contributed by atoms with E-state index in [-0.39, 0.29) is 23.4 Å². The number of benzene rings is 3. The largest absolute Gasteiger partial charge is 0.348 e. The standard InChI is InChI=1S/C29H36N2O3S/c1-19(2)25-10-12-26(13-11-25)31(35(33,34)27-14-8-20(3)9-15-27)18-29(32)30-24(7)28-17-22(5)21(4)16-23(28)6/h8-17,19,24H,18H2,1-7H3,(H,30,32)/t24-/m0/s1. The van der Waals surface area contributed by atoms with Crippen LogP contribution in [0.1, 0.15) is 66.1 Å². The monoisotopic (exact) mass is 492 g/mol. The number of carbonyl (C=O) groups is 1. The third-order valence-electron chi connectivity index (χ3n) is 6.47. The molecule has 0 aromatic heterocycles. The second-order valence-corrected chi connectivity index (χ2v) is 11.5. The first kappa shape index (κ1) is 26.5. The van der Waals surface area contributed by atoms with Crippen LogP contribution in [-0.4, -0.2) is 20.9 Å². The van der Waals surface area contributed by atoms with Gasteiger partial charge in [-0.25, -0.2) is 8.42 Å². The van der Waals surface area contributed by atoms with Gasteiger partial charge in [-0.15, -0.1) is 0 Å². The second-order valence-electron chi connectivity index (χ2n) is 9.65. The Hall–Kier alpha value is -3.12. The van der Waals surface area contributed by atoms with Crippen molar-refractivity contribution in [2.45, 2.75) is 65.3 Å². The highest BCUT2D eigenvalue weighted by Gasteiger charge is 2.28. The first-order valence-corrected chi connectivity index (χ1v) is 13.4. The summed E-state index contributed by atoms with van der Waals surface area (Å²) in [4.78, 5) is 13.3. The SMILES string of the molecule is Cc1ccc(S(=O)(=O)N(CC(=O)N[C@@H](C)c2cc(C)c(C)cc2C)c2ccc(C(C)C)cc2)cc1. The van der Waals surface area contributed by atoms with Crippen molar-refractivity contribution in [3.05, 3.63) is 94.0 Å². The molecule has 0 heterocycles. The quantitative estimate of drug-likeness (QED) is 0.412. The van der Waals surface area contributed by atoms with Gasteiger partial charge in [-0.2, -0.15) is 0 Å². The van der Waals surface area contributed by atoms with E-state index in [9.17, 15) is 13.2 Å². The molecule has 0 radical (unpaired) electrons. The van der Waals surface area contributed by atoms with Gasteiger partial charge in [-0.3, -0.25) is 9.10 Å². The molecule has 3 aromatic carbocycles. The van der Waals surface area contributed by atoms with Crippen molar-refractivity contribution in [1.82, 2.24) is 5.32 Å². The van der Waals surface area contributed by atoms with E-state index < -0.39 is 10.0 Å². The zero-order chi connectivity index (χ0) is 25.9. The number of hydrogen-bond acceptors (Lipinski definition) is 3. The Morgan fingerprint density at radius 2 is 1.40 bits per heavy atom. The van der Waals surface area contributed by atoms with Crippen molar-refractivity contribution in [3.63, 3.8) is 0 Å². The van der Waals surface area contributed by atoms with E-state index in [1.807, 2.05) is 39.8 Å². The number of sulfonamides is 1. The van der Waals surface area contributed by atoms with Gasteiger partial charge in [0.2, 0.25) is 5.91 Å². The average Bonchev–Trinajstić information content (AvgIpc) is 2.80. The molecule has 0 fully saturated rings. The predicted octanol–water partition coefficient (Wildman–Crippen LogP) is 6.12. The zero-order valence-corrected chi connectivity index (χ0v) is 22.5. The molecular formula is C29H36N2O3S. The maximum atomic E-state index is 13.6. The van der Waals surface area contributed by atoms with Crippen LogP contribution in [0.25, 0.3) is 0 Å². The predicted molar refractivity (Wildman–Crippen MR) is 143 cm³/mol. The smallest absolute Gasteiger partial charge is 0.264 e. The van der Waals surface area contributed by atoms with Crippen LogP contribution in [0.5, 0.6) is 0 Å². The molecule has 1 amide bonds. The molecule has 0 aliphatic heterocycles. The fourth-order valence-corrected chi connectivity index (χ4v) is 5.54. The number of nitrogens with zero attached hydrogens (tertiary/aromatic N) is 1. The van der Waals surface area contributed by atoms with Gasteiger partial charge < -0.3 is 5.32 Å². The van der Waals surface area contributed by atoms with Gasteiger partial charge in [-0.1, -0.05) is 55.8 Å². The molecule has 0 saturated heterocycles. The summed E-state index contributed by atoms with van der Waals surface area (Å²) in [5.74, 6) is -0.0460. The van der Waals surface area contributed by atoms with Gasteiger partial charge in [0, 0.05) is 0 Å². The minimum absolute atomic E-state index is 0.155. The summed E-state index contributed by atoms with van der Waals surface area (Å²) >= 11 is 0. The van der Waals surface area contributed by atoms with E-state index >= 15 is 0 Å². The van der Waals surface area contributed by atoms with E-state index in [0.29, 0.717) is 11.6 Å². The minimum Gasteiger partial charge on any atom is -0.348 e. The third kappa shape index (κ3) is 6.12. The highest BCUT2D eigenvalue weighted by atomic mass is 32.2. The summed E-state index contributed by atoms with van der Waals surface area (Å²) in [7, 11) is -3.95. The highest BCUT2D eigenvalue weighted by Crippen LogP contribution is 2.27. The average molecular weight is 493 g/mol. The fourth-order valence-electron chi connectivity index (χ4n) is 4.12. The fraction of sp³-hybridized carbons (Fsp3) is 0.345. The van der Waals surface area contributed by atoms with E-state index in [4.69, 9.17) is 0 Å². The molecule has 3 aromatic rings. The van der Waals surface area contributed by atoms with Crippen LogP contribution >= 0.6 is 0 Å². The lowest BCUT2D eigenvalue weighted by molar-refractivity contribution is -0.120. The lowest BCUT2D eigenvalue weighted by atomic mass is 9.96. The molecule has 0 spiro atoms. The molecule has 0 aliphatic rings. The summed E-state index contributed by atoms with van der Waals surface area (Å²) in [5.41, 5.74) is 6.99. The van der Waals surface area contributed by atoms with Crippen LogP contribution in [0.3, 0.4) is 0 Å². The number of aryl methyl sites for hydroxylation is 4. The molecule has 35 heavy (non-hydrogen) atoms. The molecule has 1 N–H and O–H groups in total. The lowest BCUT2D eigenvalue weighted by Gasteiger charge is -2.26. The molecule has 0 unspecified atom stereocenters. The van der Waals surface area contributed by atoms with Crippen molar-refractivity contribution in [1.29, 1.82) is 0 Å². The van der Waals surface area contributed by atoms with E-state index in [1.165, 1.54) is 9.87 Å². The molecule has 0 saturated carbocycles. The molecule has 0 aliphatic carbocycles. The van der Waals surface area contributed by atoms with Crippen LogP contribution in [0, 0.1) is 27.7 Å². The van der Waals surface area contributed by atoms with E-state index in [2.05, 4.69) is 38.2 Å². The summed E-state index contributed by atoms with van der Waals surface area (Å²) in [6.07, 6.45) is 0. The highest BCUT2D eigenvalue weighted by molar-refractivity contribution is 7.92. The number of carbonyl (C=O) groups excluding carboxylic acids is 1. The first-order chi connectivity index (χ1) is 16.4. The van der Waals surface area contributed by atoms with Gasteiger partial charge in [-0.05, 0) is 92.6 Å². The summed E-state index contributed by atoms with van der Waals surface area (Å²) in [6.45, 7) is 13.8. The molecular weight excluding hydrogens is 456 g/mol. The van der Waals surface area contributed by atoms with Gasteiger partial charge in [0.05, 0.1) is 16.6 Å². The molecule has 0 bridgehead atoms. The third-order valence-corrected chi connectivity index (χ3v) is 8.26. The summed E-state index contributed by atoms with van der Waals surface area (Å²) in [5, 5.41) is 3.00. The Bertz CT molecular complexity index is 1300. The zero-order valence-electron chi connectivity index (χ0n) is 21.7. The minimum atomic E-state index is -3.95. The van der Waals surface area contributed by atoms with Crippen molar-refractivity contribution >= 4 is 21.6 Å². The van der Waals surface area contributed by atoms with Gasteiger partial charge >= 0.3 is 0 Å². The van der Waals surface area contributed by atoms with Crippen molar-refractivity contribution < 1.29 is 13.2 Å². The van der Waals surface area contributed by atoms with E-state index in [1.54, 1.807) is 36.4 Å². The van der Waals surface area contributed by atoms with Crippen LogP contribution in [0.2, 0.25) is 0 Å². The molecule has 1 atom stereocenters. The molecule has 5 nitrogen and oxygen atoms in total. The van der Waals surface area contributed by atoms with Crippen LogP contribution in [-0.2, 0) is 14.8 Å². The number of anilines is 1. The second kappa shape index (κ2) is 10.6. The van der Waals surface area contributed by atoms with Crippen molar-refractivity contribution in [2.24, 2.45) is 0 Å². The lowest BCUT2D eigenvalue weighted by Crippen LogP contribution is -2.41. The number of nitrogens with one attached hydrogen (secondary N) is 1. The Morgan fingerprint density at radius 3 is 1.97 bits per heavy atom. The first-order valence-electron chi connectivity index (χ1n) is 12.0. The Morgan fingerprint density at radius 1 is 0.829 bits per heavy atom. The maximum absolute atomic E-state index is 13.6.